The lowest BCUT2D eigenvalue weighted by atomic mass is 10.1. The Labute approximate surface area is 97.7 Å². The summed E-state index contributed by atoms with van der Waals surface area (Å²) in [5.74, 6) is -0.601. The van der Waals surface area contributed by atoms with Crippen LogP contribution >= 0.6 is 0 Å². The maximum absolute atomic E-state index is 10.7. The summed E-state index contributed by atoms with van der Waals surface area (Å²) in [5, 5.41) is 23.0. The normalized spacial score (nSPS) is 10.6. The van der Waals surface area contributed by atoms with Crippen molar-refractivity contribution >= 4 is 18.0 Å². The number of hydrogen-bond donors (Lipinski definition) is 2. The average Bonchev–Trinajstić information content (AvgIpc) is 2.30. The van der Waals surface area contributed by atoms with Gasteiger partial charge in [0, 0.05) is 12.6 Å². The lowest BCUT2D eigenvalue weighted by molar-refractivity contribution is -0.385. The smallest absolute Gasteiger partial charge is 0.312 e. The Balaban J connectivity index is 3.20. The van der Waals surface area contributed by atoms with Crippen LogP contribution in [0.1, 0.15) is 15.9 Å². The van der Waals surface area contributed by atoms with E-state index < -0.39 is 16.4 Å². The van der Waals surface area contributed by atoms with Crippen molar-refractivity contribution in [3.63, 3.8) is 0 Å². The van der Waals surface area contributed by atoms with Crippen LogP contribution < -0.4 is 5.32 Å². The standard InChI is InChI=1S/C11H12N2O4/c1-12-4-2-3-8-5-9(7-14)11(15)10(6-8)13(16)17/h2-3,5-7,12,15H,4H2,1H3. The molecule has 0 amide bonds. The Morgan fingerprint density at radius 2 is 2.24 bits per heavy atom. The molecule has 6 nitrogen and oxygen atoms in total. The molecule has 1 aromatic carbocycles. The number of nitrogens with one attached hydrogen (secondary N) is 1. The first kappa shape index (κ1) is 12.9. The van der Waals surface area contributed by atoms with Gasteiger partial charge in [-0.25, -0.2) is 0 Å². The van der Waals surface area contributed by atoms with Crippen molar-refractivity contribution in [3.8, 4) is 5.75 Å². The zero-order valence-electron chi connectivity index (χ0n) is 9.21. The second-order valence-corrected chi connectivity index (χ2v) is 3.31. The van der Waals surface area contributed by atoms with E-state index in [0.29, 0.717) is 18.4 Å². The molecule has 0 radical (unpaired) electrons. The van der Waals surface area contributed by atoms with Gasteiger partial charge in [0.15, 0.2) is 6.29 Å². The highest BCUT2D eigenvalue weighted by atomic mass is 16.6. The Morgan fingerprint density at radius 1 is 1.53 bits per heavy atom. The molecular weight excluding hydrogens is 224 g/mol. The number of carbonyl (C=O) groups excluding carboxylic acids is 1. The molecule has 0 aromatic heterocycles. The van der Waals surface area contributed by atoms with E-state index in [0.717, 1.165) is 0 Å². The quantitative estimate of drug-likeness (QED) is 0.457. The molecule has 2 N–H and O–H groups in total. The molecule has 0 spiro atoms. The minimum atomic E-state index is -0.724. The molecule has 0 saturated carbocycles. The van der Waals surface area contributed by atoms with Crippen molar-refractivity contribution in [3.05, 3.63) is 39.4 Å². The van der Waals surface area contributed by atoms with E-state index in [1.807, 2.05) is 0 Å². The van der Waals surface area contributed by atoms with Crippen LogP contribution in [0.5, 0.6) is 5.75 Å². The average molecular weight is 236 g/mol. The molecule has 6 heteroatoms. The van der Waals surface area contributed by atoms with Crippen LogP contribution in [0.15, 0.2) is 18.2 Å². The van der Waals surface area contributed by atoms with Gasteiger partial charge in [-0.05, 0) is 18.7 Å². The zero-order chi connectivity index (χ0) is 12.8. The Hall–Kier alpha value is -2.21. The van der Waals surface area contributed by atoms with Gasteiger partial charge in [-0.3, -0.25) is 14.9 Å². The number of aromatic hydroxyl groups is 1. The largest absolute Gasteiger partial charge is 0.502 e. The number of nitrogens with zero attached hydrogens (tertiary/aromatic N) is 1. The molecule has 17 heavy (non-hydrogen) atoms. The Bertz CT molecular complexity index is 469. The number of phenolic OH excluding ortho intramolecular Hbond substituents is 1. The van der Waals surface area contributed by atoms with E-state index in [1.54, 1.807) is 19.2 Å². The van der Waals surface area contributed by atoms with Gasteiger partial charge in [-0.15, -0.1) is 0 Å². The summed E-state index contributed by atoms with van der Waals surface area (Å²) in [6.45, 7) is 0.602. The summed E-state index contributed by atoms with van der Waals surface area (Å²) in [6.07, 6.45) is 3.78. The Kier molecular flexibility index (Phi) is 4.36. The van der Waals surface area contributed by atoms with E-state index in [-0.39, 0.29) is 5.56 Å². The molecule has 0 aliphatic carbocycles. The van der Waals surface area contributed by atoms with Crippen molar-refractivity contribution in [1.82, 2.24) is 5.32 Å². The predicted molar refractivity (Wildman–Crippen MR) is 63.1 cm³/mol. The van der Waals surface area contributed by atoms with Crippen molar-refractivity contribution in [2.75, 3.05) is 13.6 Å². The van der Waals surface area contributed by atoms with Gasteiger partial charge in [0.1, 0.15) is 0 Å². The molecule has 0 aliphatic rings. The van der Waals surface area contributed by atoms with E-state index in [9.17, 15) is 20.0 Å². The van der Waals surface area contributed by atoms with Crippen molar-refractivity contribution in [2.24, 2.45) is 0 Å². The number of rotatable bonds is 5. The second kappa shape index (κ2) is 5.76. The van der Waals surface area contributed by atoms with Gasteiger partial charge in [-0.2, -0.15) is 0 Å². The van der Waals surface area contributed by atoms with Crippen LogP contribution in [0, 0.1) is 10.1 Å². The van der Waals surface area contributed by atoms with Gasteiger partial charge in [0.2, 0.25) is 5.75 Å². The molecular formula is C11H12N2O4. The number of phenols is 1. The fourth-order valence-electron chi connectivity index (χ4n) is 1.30. The lowest BCUT2D eigenvalue weighted by Gasteiger charge is -2.01. The van der Waals surface area contributed by atoms with Crippen LogP contribution in [-0.2, 0) is 0 Å². The first-order valence-electron chi connectivity index (χ1n) is 4.88. The number of nitro groups is 1. The fraction of sp³-hybridized carbons (Fsp3) is 0.182. The lowest BCUT2D eigenvalue weighted by Crippen LogP contribution is -2.03. The van der Waals surface area contributed by atoms with Crippen LogP contribution in [0.2, 0.25) is 0 Å². The number of carbonyl (C=O) groups is 1. The summed E-state index contributed by atoms with van der Waals surface area (Å²) < 4.78 is 0. The molecule has 0 aliphatic heterocycles. The number of hydrogen-bond acceptors (Lipinski definition) is 5. The third-order valence-electron chi connectivity index (χ3n) is 2.10. The summed E-state index contributed by atoms with van der Waals surface area (Å²) in [5.41, 5.74) is -0.0751. The molecule has 0 bridgehead atoms. The summed E-state index contributed by atoms with van der Waals surface area (Å²) in [4.78, 5) is 20.6. The third kappa shape index (κ3) is 3.12. The van der Waals surface area contributed by atoms with E-state index in [2.05, 4.69) is 5.32 Å². The topological polar surface area (TPSA) is 92.5 Å². The first-order chi connectivity index (χ1) is 8.10. The highest BCUT2D eigenvalue weighted by Gasteiger charge is 2.17. The van der Waals surface area contributed by atoms with Gasteiger partial charge in [0.05, 0.1) is 10.5 Å². The third-order valence-corrected chi connectivity index (χ3v) is 2.10. The SMILES string of the molecule is CNCC=Cc1cc(C=O)c(O)c([N+](=O)[O-])c1. The molecule has 1 aromatic rings. The van der Waals surface area contributed by atoms with Crippen LogP contribution in [0.4, 0.5) is 5.69 Å². The second-order valence-electron chi connectivity index (χ2n) is 3.31. The first-order valence-corrected chi connectivity index (χ1v) is 4.88. The number of aldehydes is 1. The molecule has 0 fully saturated rings. The summed E-state index contributed by atoms with van der Waals surface area (Å²) in [6, 6.07) is 2.61. The maximum atomic E-state index is 10.7. The maximum Gasteiger partial charge on any atom is 0.312 e. The predicted octanol–water partition coefficient (Wildman–Crippen LogP) is 1.35. The fourth-order valence-corrected chi connectivity index (χ4v) is 1.30. The van der Waals surface area contributed by atoms with Crippen molar-refractivity contribution in [2.45, 2.75) is 0 Å². The zero-order valence-corrected chi connectivity index (χ0v) is 9.21. The van der Waals surface area contributed by atoms with E-state index >= 15 is 0 Å². The Morgan fingerprint density at radius 3 is 2.76 bits per heavy atom. The van der Waals surface area contributed by atoms with E-state index in [4.69, 9.17) is 0 Å². The highest BCUT2D eigenvalue weighted by molar-refractivity contribution is 5.83. The molecule has 0 atom stereocenters. The monoisotopic (exact) mass is 236 g/mol. The molecule has 0 unspecified atom stereocenters. The minimum absolute atomic E-state index is 0.0942. The number of likely N-dealkylation sites (N-methyl/N-ethyl adjacent to an activating group) is 1. The highest BCUT2D eigenvalue weighted by Crippen LogP contribution is 2.30. The molecule has 1 rings (SSSR count). The van der Waals surface area contributed by atoms with Crippen LogP contribution in [-0.4, -0.2) is 29.9 Å². The summed E-state index contributed by atoms with van der Waals surface area (Å²) in [7, 11) is 1.76. The van der Waals surface area contributed by atoms with Crippen molar-refractivity contribution in [1.29, 1.82) is 0 Å². The number of nitro benzene ring substituents is 1. The molecule has 0 heterocycles. The van der Waals surface area contributed by atoms with E-state index in [1.165, 1.54) is 12.1 Å². The van der Waals surface area contributed by atoms with Gasteiger partial charge in [-0.1, -0.05) is 12.2 Å². The van der Waals surface area contributed by atoms with Gasteiger partial charge < -0.3 is 10.4 Å². The molecule has 90 valence electrons. The minimum Gasteiger partial charge on any atom is -0.502 e. The van der Waals surface area contributed by atoms with Crippen molar-refractivity contribution < 1.29 is 14.8 Å². The van der Waals surface area contributed by atoms with Crippen LogP contribution in [0.25, 0.3) is 6.08 Å². The van der Waals surface area contributed by atoms with Gasteiger partial charge in [0.25, 0.3) is 0 Å². The number of benzene rings is 1. The van der Waals surface area contributed by atoms with Gasteiger partial charge >= 0.3 is 5.69 Å². The summed E-state index contributed by atoms with van der Waals surface area (Å²) >= 11 is 0. The molecule has 0 saturated heterocycles. The van der Waals surface area contributed by atoms with Crippen LogP contribution in [0.3, 0.4) is 0 Å².